The zero-order valence-electron chi connectivity index (χ0n) is 18.8. The van der Waals surface area contributed by atoms with Crippen molar-refractivity contribution in [2.45, 2.75) is 19.8 Å². The van der Waals surface area contributed by atoms with Crippen molar-refractivity contribution >= 4 is 50.7 Å². The SMILES string of the molecule is Cc1ccc2nc(-c3ccc(NC(=O)C4CCN(C(=O)c5ccc(Cl)cc5)CC4)cc3)sc2c1. The molecule has 7 heteroatoms. The van der Waals surface area contributed by atoms with Crippen LogP contribution in [-0.2, 0) is 4.79 Å². The van der Waals surface area contributed by atoms with Crippen LogP contribution in [0.1, 0.15) is 28.8 Å². The highest BCUT2D eigenvalue weighted by atomic mass is 35.5. The monoisotopic (exact) mass is 489 g/mol. The molecule has 34 heavy (non-hydrogen) atoms. The number of nitrogens with one attached hydrogen (secondary N) is 1. The first kappa shape index (κ1) is 22.6. The van der Waals surface area contributed by atoms with E-state index in [1.165, 1.54) is 10.3 Å². The van der Waals surface area contributed by atoms with Gasteiger partial charge >= 0.3 is 0 Å². The average Bonchev–Trinajstić information content (AvgIpc) is 3.28. The molecule has 1 aromatic heterocycles. The summed E-state index contributed by atoms with van der Waals surface area (Å²) in [6, 6.07) is 21.0. The number of carbonyl (C=O) groups is 2. The second kappa shape index (κ2) is 9.57. The fourth-order valence-corrected chi connectivity index (χ4v) is 5.41. The predicted molar refractivity (Wildman–Crippen MR) is 139 cm³/mol. The Morgan fingerprint density at radius 1 is 1.00 bits per heavy atom. The number of benzene rings is 3. The van der Waals surface area contributed by atoms with Gasteiger partial charge < -0.3 is 10.2 Å². The van der Waals surface area contributed by atoms with E-state index in [0.717, 1.165) is 21.8 Å². The van der Waals surface area contributed by atoms with Crippen LogP contribution in [0.2, 0.25) is 5.02 Å². The third kappa shape index (κ3) is 4.83. The predicted octanol–water partition coefficient (Wildman–Crippen LogP) is 6.42. The molecule has 0 aliphatic carbocycles. The quantitative estimate of drug-likeness (QED) is 0.360. The maximum absolute atomic E-state index is 12.8. The maximum Gasteiger partial charge on any atom is 0.253 e. The standard InChI is InChI=1S/C27H24ClN3O2S/c1-17-2-11-23-24(16-17)34-26(30-23)19-5-9-22(10-6-19)29-25(32)18-12-14-31(15-13-18)27(33)20-3-7-21(28)8-4-20/h2-11,16,18H,12-15H2,1H3,(H,29,32). The number of amides is 2. The Hall–Kier alpha value is -3.22. The molecule has 5 nitrogen and oxygen atoms in total. The fraction of sp³-hybridized carbons (Fsp3) is 0.222. The molecule has 0 atom stereocenters. The number of aromatic nitrogens is 1. The summed E-state index contributed by atoms with van der Waals surface area (Å²) in [4.78, 5) is 32.0. The van der Waals surface area contributed by atoms with Crippen LogP contribution < -0.4 is 5.32 Å². The largest absolute Gasteiger partial charge is 0.339 e. The third-order valence-corrected chi connectivity index (χ3v) is 7.51. The number of halogens is 1. The third-order valence-electron chi connectivity index (χ3n) is 6.19. The minimum Gasteiger partial charge on any atom is -0.339 e. The van der Waals surface area contributed by atoms with Gasteiger partial charge in [-0.2, -0.15) is 0 Å². The number of piperidine rings is 1. The van der Waals surface area contributed by atoms with Gasteiger partial charge in [0.05, 0.1) is 10.2 Å². The molecule has 2 heterocycles. The van der Waals surface area contributed by atoms with Crippen molar-refractivity contribution in [3.05, 3.63) is 82.9 Å². The molecule has 0 saturated carbocycles. The summed E-state index contributed by atoms with van der Waals surface area (Å²) >= 11 is 7.58. The second-order valence-electron chi connectivity index (χ2n) is 8.63. The topological polar surface area (TPSA) is 62.3 Å². The van der Waals surface area contributed by atoms with Gasteiger partial charge in [0.15, 0.2) is 0 Å². The zero-order valence-corrected chi connectivity index (χ0v) is 20.3. The number of aryl methyl sites for hydroxylation is 1. The van der Waals surface area contributed by atoms with Gasteiger partial charge in [0.2, 0.25) is 5.91 Å². The Balaban J connectivity index is 1.18. The number of nitrogens with zero attached hydrogens (tertiary/aromatic N) is 2. The summed E-state index contributed by atoms with van der Waals surface area (Å²) in [5.74, 6) is -0.126. The maximum atomic E-state index is 12.8. The first-order valence-electron chi connectivity index (χ1n) is 11.3. The van der Waals surface area contributed by atoms with Gasteiger partial charge in [-0.1, -0.05) is 17.7 Å². The molecule has 4 aromatic rings. The summed E-state index contributed by atoms with van der Waals surface area (Å²) in [5.41, 5.74) is 4.65. The van der Waals surface area contributed by atoms with E-state index in [4.69, 9.17) is 16.6 Å². The van der Waals surface area contributed by atoms with Gasteiger partial charge in [0.25, 0.3) is 5.91 Å². The van der Waals surface area contributed by atoms with Crippen molar-refractivity contribution < 1.29 is 9.59 Å². The first-order valence-corrected chi connectivity index (χ1v) is 12.5. The Morgan fingerprint density at radius 2 is 1.71 bits per heavy atom. The highest BCUT2D eigenvalue weighted by Crippen LogP contribution is 2.31. The molecule has 0 radical (unpaired) electrons. The van der Waals surface area contributed by atoms with Crippen molar-refractivity contribution in [2.75, 3.05) is 18.4 Å². The van der Waals surface area contributed by atoms with Crippen molar-refractivity contribution in [3.8, 4) is 10.6 Å². The highest BCUT2D eigenvalue weighted by molar-refractivity contribution is 7.21. The van der Waals surface area contributed by atoms with Crippen LogP contribution in [0.15, 0.2) is 66.7 Å². The molecule has 1 aliphatic heterocycles. The molecular weight excluding hydrogens is 466 g/mol. The molecule has 1 fully saturated rings. The van der Waals surface area contributed by atoms with Crippen molar-refractivity contribution in [1.82, 2.24) is 9.88 Å². The molecule has 1 N–H and O–H groups in total. The summed E-state index contributed by atoms with van der Waals surface area (Å²) < 4.78 is 1.17. The smallest absolute Gasteiger partial charge is 0.253 e. The van der Waals surface area contributed by atoms with E-state index in [-0.39, 0.29) is 17.7 Å². The molecule has 172 valence electrons. The van der Waals surface area contributed by atoms with Gasteiger partial charge in [0.1, 0.15) is 5.01 Å². The summed E-state index contributed by atoms with van der Waals surface area (Å²) in [7, 11) is 0. The van der Waals surface area contributed by atoms with Crippen molar-refractivity contribution in [1.29, 1.82) is 0 Å². The second-order valence-corrected chi connectivity index (χ2v) is 10.1. The van der Waals surface area contributed by atoms with Gasteiger partial charge in [-0.15, -0.1) is 11.3 Å². The summed E-state index contributed by atoms with van der Waals surface area (Å²) in [6.07, 6.45) is 1.29. The molecule has 3 aromatic carbocycles. The molecule has 5 rings (SSSR count). The number of rotatable bonds is 4. The van der Waals surface area contributed by atoms with E-state index in [0.29, 0.717) is 36.5 Å². The van der Waals surface area contributed by atoms with Crippen LogP contribution in [0, 0.1) is 12.8 Å². The zero-order chi connectivity index (χ0) is 23.7. The van der Waals surface area contributed by atoms with Gasteiger partial charge in [-0.05, 0) is 86.0 Å². The van der Waals surface area contributed by atoms with Crippen LogP contribution in [0.4, 0.5) is 5.69 Å². The van der Waals surface area contributed by atoms with Crippen molar-refractivity contribution in [2.24, 2.45) is 5.92 Å². The van der Waals surface area contributed by atoms with Crippen LogP contribution in [0.5, 0.6) is 0 Å². The number of thiazole rings is 1. The lowest BCUT2D eigenvalue weighted by Crippen LogP contribution is -2.41. The number of anilines is 1. The Labute approximate surface area is 207 Å². The Morgan fingerprint density at radius 3 is 2.41 bits per heavy atom. The van der Waals surface area contributed by atoms with E-state index in [2.05, 4.69) is 24.4 Å². The summed E-state index contributed by atoms with van der Waals surface area (Å²) in [6.45, 7) is 3.21. The summed E-state index contributed by atoms with van der Waals surface area (Å²) in [5, 5.41) is 4.61. The first-order chi connectivity index (χ1) is 16.5. The number of likely N-dealkylation sites (tertiary alicyclic amines) is 1. The van der Waals surface area contributed by atoms with E-state index < -0.39 is 0 Å². The van der Waals surface area contributed by atoms with E-state index >= 15 is 0 Å². The molecule has 0 spiro atoms. The van der Waals surface area contributed by atoms with Gasteiger partial charge in [0, 0.05) is 40.8 Å². The highest BCUT2D eigenvalue weighted by Gasteiger charge is 2.28. The molecule has 1 aliphatic rings. The van der Waals surface area contributed by atoms with E-state index in [9.17, 15) is 9.59 Å². The molecule has 1 saturated heterocycles. The minimum atomic E-state index is -0.110. The average molecular weight is 490 g/mol. The number of hydrogen-bond acceptors (Lipinski definition) is 4. The number of hydrogen-bond donors (Lipinski definition) is 1. The van der Waals surface area contributed by atoms with Gasteiger partial charge in [-0.25, -0.2) is 4.98 Å². The lowest BCUT2D eigenvalue weighted by atomic mass is 9.95. The lowest BCUT2D eigenvalue weighted by Gasteiger charge is -2.31. The van der Waals surface area contributed by atoms with Crippen molar-refractivity contribution in [3.63, 3.8) is 0 Å². The van der Waals surface area contributed by atoms with Crippen LogP contribution in [-0.4, -0.2) is 34.8 Å². The van der Waals surface area contributed by atoms with E-state index in [1.54, 1.807) is 40.5 Å². The molecular formula is C27H24ClN3O2S. The van der Waals surface area contributed by atoms with E-state index in [1.807, 2.05) is 30.3 Å². The normalized spacial score (nSPS) is 14.4. The van der Waals surface area contributed by atoms with Crippen LogP contribution >= 0.6 is 22.9 Å². The Bertz CT molecular complexity index is 1340. The molecule has 2 amide bonds. The Kier molecular flexibility index (Phi) is 6.35. The number of fused-ring (bicyclic) bond motifs is 1. The minimum absolute atomic E-state index is 0.00167. The lowest BCUT2D eigenvalue weighted by molar-refractivity contribution is -0.121. The van der Waals surface area contributed by atoms with Gasteiger partial charge in [-0.3, -0.25) is 9.59 Å². The van der Waals surface area contributed by atoms with Crippen LogP contribution in [0.3, 0.4) is 0 Å². The fourth-order valence-electron chi connectivity index (χ4n) is 4.22. The number of carbonyl (C=O) groups excluding carboxylic acids is 2. The molecule has 0 bridgehead atoms. The van der Waals surface area contributed by atoms with Crippen LogP contribution in [0.25, 0.3) is 20.8 Å². The molecule has 0 unspecified atom stereocenters.